The van der Waals surface area contributed by atoms with Crippen molar-refractivity contribution < 1.29 is 22.8 Å². The van der Waals surface area contributed by atoms with E-state index < -0.39 is 27.4 Å². The summed E-state index contributed by atoms with van der Waals surface area (Å²) in [5.74, 6) is -0.628. The fourth-order valence-corrected chi connectivity index (χ4v) is 6.57. The number of hydrogen-bond donors (Lipinski definition) is 1. The van der Waals surface area contributed by atoms with Crippen LogP contribution in [0.25, 0.3) is 0 Å². The zero-order chi connectivity index (χ0) is 20.7. The highest BCUT2D eigenvalue weighted by molar-refractivity contribution is 7.91. The fourth-order valence-electron chi connectivity index (χ4n) is 4.86. The molecule has 1 spiro atoms. The Kier molecular flexibility index (Phi) is 5.76. The minimum Gasteiger partial charge on any atom is -0.334 e. The van der Waals surface area contributed by atoms with E-state index in [1.54, 1.807) is 4.90 Å². The van der Waals surface area contributed by atoms with Crippen molar-refractivity contribution in [2.45, 2.75) is 76.9 Å². The Morgan fingerprint density at radius 2 is 2.04 bits per heavy atom. The lowest BCUT2D eigenvalue weighted by atomic mass is 9.73. The first-order valence-corrected chi connectivity index (χ1v) is 12.1. The predicted molar refractivity (Wildman–Crippen MR) is 104 cm³/mol. The van der Waals surface area contributed by atoms with Crippen LogP contribution >= 0.6 is 0 Å². The smallest absolute Gasteiger partial charge is 0.325 e. The van der Waals surface area contributed by atoms with Crippen LogP contribution in [0.1, 0.15) is 59.3 Å². The van der Waals surface area contributed by atoms with Gasteiger partial charge in [-0.05, 0) is 38.5 Å². The van der Waals surface area contributed by atoms with E-state index in [1.807, 2.05) is 20.8 Å². The average molecular weight is 414 g/mol. The van der Waals surface area contributed by atoms with Crippen molar-refractivity contribution >= 4 is 27.7 Å². The van der Waals surface area contributed by atoms with Gasteiger partial charge in [-0.1, -0.05) is 26.7 Å². The van der Waals surface area contributed by atoms with Gasteiger partial charge in [0.05, 0.1) is 11.5 Å². The van der Waals surface area contributed by atoms with Gasteiger partial charge >= 0.3 is 6.03 Å². The first-order chi connectivity index (χ1) is 13.1. The number of nitrogens with zero attached hydrogens (tertiary/aromatic N) is 2. The van der Waals surface area contributed by atoms with Gasteiger partial charge in [0.15, 0.2) is 9.84 Å². The Bertz CT molecular complexity index is 768. The number of hydrogen-bond acceptors (Lipinski definition) is 5. The van der Waals surface area contributed by atoms with Crippen LogP contribution in [0.15, 0.2) is 0 Å². The van der Waals surface area contributed by atoms with Gasteiger partial charge in [0.2, 0.25) is 5.91 Å². The third kappa shape index (κ3) is 3.65. The van der Waals surface area contributed by atoms with E-state index in [-0.39, 0.29) is 41.8 Å². The molecule has 1 aliphatic carbocycles. The second kappa shape index (κ2) is 7.65. The quantitative estimate of drug-likeness (QED) is 0.684. The van der Waals surface area contributed by atoms with Crippen LogP contribution in [0.5, 0.6) is 0 Å². The summed E-state index contributed by atoms with van der Waals surface area (Å²) in [4.78, 5) is 41.4. The second-order valence-electron chi connectivity index (χ2n) is 8.55. The molecule has 28 heavy (non-hydrogen) atoms. The zero-order valence-electron chi connectivity index (χ0n) is 16.9. The summed E-state index contributed by atoms with van der Waals surface area (Å²) in [5.41, 5.74) is -0.895. The summed E-state index contributed by atoms with van der Waals surface area (Å²) in [6.45, 7) is 5.44. The van der Waals surface area contributed by atoms with Gasteiger partial charge in [-0.2, -0.15) is 0 Å². The molecule has 4 amide bonds. The second-order valence-corrected chi connectivity index (χ2v) is 10.8. The minimum atomic E-state index is -3.15. The Morgan fingerprint density at radius 1 is 1.32 bits per heavy atom. The summed E-state index contributed by atoms with van der Waals surface area (Å²) in [7, 11) is -3.15. The van der Waals surface area contributed by atoms with Crippen LogP contribution in [-0.2, 0) is 19.4 Å². The molecular weight excluding hydrogens is 382 g/mol. The predicted octanol–water partition coefficient (Wildman–Crippen LogP) is 1.30. The molecular formula is C19H31N3O5S. The van der Waals surface area contributed by atoms with Crippen LogP contribution in [0, 0.1) is 5.92 Å². The molecule has 0 aromatic heterocycles. The van der Waals surface area contributed by atoms with Crippen molar-refractivity contribution in [3.8, 4) is 0 Å². The lowest BCUT2D eigenvalue weighted by Gasteiger charge is -2.37. The molecule has 3 aliphatic rings. The molecule has 0 aromatic carbocycles. The third-order valence-electron chi connectivity index (χ3n) is 6.75. The Hall–Kier alpha value is -1.64. The molecule has 8 nitrogen and oxygen atoms in total. The van der Waals surface area contributed by atoms with Crippen LogP contribution in [0.4, 0.5) is 4.79 Å². The van der Waals surface area contributed by atoms with E-state index >= 15 is 0 Å². The summed E-state index contributed by atoms with van der Waals surface area (Å²) in [6, 6.07) is -1.07. The van der Waals surface area contributed by atoms with E-state index in [2.05, 4.69) is 5.32 Å². The Balaban J connectivity index is 1.78. The maximum atomic E-state index is 13.1. The minimum absolute atomic E-state index is 0.0310. The van der Waals surface area contributed by atoms with Crippen molar-refractivity contribution in [2.24, 2.45) is 5.92 Å². The maximum absolute atomic E-state index is 13.1. The standard InChI is InChI=1S/C19H31N3O5S/c1-4-14(3)22(15-8-10-28(26,27)12-15)16(23)11-21-17(24)19(20-18(21)25)9-6-5-7-13(19)2/h13-15H,4-12H2,1-3H3,(H,20,25)/t13-,14-,15-,19-/m0/s1. The average Bonchev–Trinajstić information content (AvgIpc) is 3.10. The van der Waals surface area contributed by atoms with E-state index in [0.717, 1.165) is 24.2 Å². The number of rotatable bonds is 5. The number of sulfone groups is 1. The van der Waals surface area contributed by atoms with E-state index in [0.29, 0.717) is 19.3 Å². The highest BCUT2D eigenvalue weighted by atomic mass is 32.2. The normalized spacial score (nSPS) is 33.2. The molecule has 0 radical (unpaired) electrons. The first-order valence-electron chi connectivity index (χ1n) is 10.3. The molecule has 3 rings (SSSR count). The number of nitrogens with one attached hydrogen (secondary N) is 1. The van der Waals surface area contributed by atoms with Gasteiger partial charge in [-0.3, -0.25) is 14.5 Å². The topological polar surface area (TPSA) is 104 Å². The number of imide groups is 1. The van der Waals surface area contributed by atoms with Crippen LogP contribution < -0.4 is 5.32 Å². The summed E-state index contributed by atoms with van der Waals surface area (Å²) >= 11 is 0. The molecule has 0 bridgehead atoms. The number of urea groups is 1. The van der Waals surface area contributed by atoms with Gasteiger partial charge < -0.3 is 10.2 Å². The number of amides is 4. The molecule has 0 aromatic rings. The Labute approximate surface area is 166 Å². The first kappa shape index (κ1) is 21.1. The van der Waals surface area contributed by atoms with Crippen molar-refractivity contribution in [3.63, 3.8) is 0 Å². The van der Waals surface area contributed by atoms with Crippen molar-refractivity contribution in [3.05, 3.63) is 0 Å². The third-order valence-corrected chi connectivity index (χ3v) is 8.50. The maximum Gasteiger partial charge on any atom is 0.325 e. The number of carbonyl (C=O) groups is 3. The highest BCUT2D eigenvalue weighted by Gasteiger charge is 2.55. The lowest BCUT2D eigenvalue weighted by molar-refractivity contribution is -0.142. The van der Waals surface area contributed by atoms with Crippen molar-refractivity contribution in [1.82, 2.24) is 15.1 Å². The van der Waals surface area contributed by atoms with Gasteiger partial charge in [-0.15, -0.1) is 0 Å². The molecule has 1 N–H and O–H groups in total. The van der Waals surface area contributed by atoms with Crippen molar-refractivity contribution in [2.75, 3.05) is 18.1 Å². The van der Waals surface area contributed by atoms with Crippen LogP contribution in [-0.4, -0.2) is 71.7 Å². The van der Waals surface area contributed by atoms with E-state index in [9.17, 15) is 22.8 Å². The summed E-state index contributed by atoms with van der Waals surface area (Å²) < 4.78 is 23.8. The molecule has 2 saturated heterocycles. The molecule has 158 valence electrons. The van der Waals surface area contributed by atoms with Gasteiger partial charge in [-0.25, -0.2) is 13.2 Å². The fraction of sp³-hybridized carbons (Fsp3) is 0.842. The molecule has 2 heterocycles. The number of carbonyl (C=O) groups excluding carboxylic acids is 3. The summed E-state index contributed by atoms with van der Waals surface area (Å²) in [5, 5.41) is 2.86. The van der Waals surface area contributed by atoms with Gasteiger partial charge in [0.25, 0.3) is 5.91 Å². The van der Waals surface area contributed by atoms with Crippen molar-refractivity contribution in [1.29, 1.82) is 0 Å². The van der Waals surface area contributed by atoms with Gasteiger partial charge in [0, 0.05) is 12.1 Å². The van der Waals surface area contributed by atoms with E-state index in [1.165, 1.54) is 0 Å². The molecule has 4 atom stereocenters. The monoisotopic (exact) mass is 413 g/mol. The highest BCUT2D eigenvalue weighted by Crippen LogP contribution is 2.38. The lowest BCUT2D eigenvalue weighted by Crippen LogP contribution is -2.55. The zero-order valence-corrected chi connectivity index (χ0v) is 17.8. The van der Waals surface area contributed by atoms with E-state index in [4.69, 9.17) is 0 Å². The molecule has 9 heteroatoms. The molecule has 1 saturated carbocycles. The Morgan fingerprint density at radius 3 is 2.61 bits per heavy atom. The summed E-state index contributed by atoms with van der Waals surface area (Å²) in [6.07, 6.45) is 4.44. The molecule has 3 fully saturated rings. The largest absolute Gasteiger partial charge is 0.334 e. The SMILES string of the molecule is CC[C@H](C)N(C(=O)CN1C(=O)N[C@]2(CCCC[C@@H]2C)C1=O)[C@H]1CCS(=O)(=O)C1. The molecule has 0 unspecified atom stereocenters. The van der Waals surface area contributed by atoms with Crippen LogP contribution in [0.3, 0.4) is 0 Å². The molecule has 2 aliphatic heterocycles. The van der Waals surface area contributed by atoms with Crippen LogP contribution in [0.2, 0.25) is 0 Å². The van der Waals surface area contributed by atoms with Gasteiger partial charge in [0.1, 0.15) is 12.1 Å².